The van der Waals surface area contributed by atoms with Crippen LogP contribution in [0.5, 0.6) is 11.5 Å². The Labute approximate surface area is 142 Å². The molecule has 0 aliphatic carbocycles. The second-order valence-electron chi connectivity index (χ2n) is 5.76. The molecule has 2 aliphatic heterocycles. The van der Waals surface area contributed by atoms with E-state index in [4.69, 9.17) is 14.6 Å². The first kappa shape index (κ1) is 16.1. The molecule has 1 fully saturated rings. The molecule has 6 nitrogen and oxygen atoms in total. The molecular weight excluding hydrogens is 366 g/mol. The quantitative estimate of drug-likeness (QED) is 0.864. The van der Waals surface area contributed by atoms with Crippen LogP contribution in [-0.4, -0.2) is 48.2 Å². The summed E-state index contributed by atoms with van der Waals surface area (Å²) in [5.74, 6) is 0.242. The van der Waals surface area contributed by atoms with Crippen molar-refractivity contribution >= 4 is 27.8 Å². The number of fused-ring (bicyclic) bond motifs is 1. The van der Waals surface area contributed by atoms with Gasteiger partial charge in [-0.3, -0.25) is 9.59 Å². The van der Waals surface area contributed by atoms with Crippen LogP contribution >= 0.6 is 15.9 Å². The second kappa shape index (κ2) is 6.78. The normalized spacial score (nSPS) is 17.9. The molecule has 23 heavy (non-hydrogen) atoms. The number of aliphatic carboxylic acids is 1. The number of carboxylic acids is 1. The molecule has 3 rings (SSSR count). The molecule has 0 radical (unpaired) electrons. The fraction of sp³-hybridized carbons (Fsp3) is 0.500. The van der Waals surface area contributed by atoms with E-state index in [1.165, 1.54) is 0 Å². The van der Waals surface area contributed by atoms with Crippen molar-refractivity contribution in [3.63, 3.8) is 0 Å². The van der Waals surface area contributed by atoms with Gasteiger partial charge in [0, 0.05) is 17.6 Å². The molecule has 1 aromatic carbocycles. The number of hydrogen-bond acceptors (Lipinski definition) is 4. The fourth-order valence-corrected chi connectivity index (χ4v) is 3.35. The van der Waals surface area contributed by atoms with Gasteiger partial charge in [0.15, 0.2) is 11.5 Å². The molecular formula is C16H18BrNO5. The van der Waals surface area contributed by atoms with E-state index in [0.717, 1.165) is 10.0 Å². The van der Waals surface area contributed by atoms with Gasteiger partial charge < -0.3 is 19.5 Å². The number of carbonyl (C=O) groups is 2. The average molecular weight is 384 g/mol. The van der Waals surface area contributed by atoms with Crippen LogP contribution in [0.25, 0.3) is 0 Å². The SMILES string of the molecule is O=C(O)C1CCN(C(=O)Cc2cc3c(cc2Br)OCCO3)CC1. The van der Waals surface area contributed by atoms with E-state index < -0.39 is 5.97 Å². The smallest absolute Gasteiger partial charge is 0.306 e. The lowest BCUT2D eigenvalue weighted by atomic mass is 9.96. The highest BCUT2D eigenvalue weighted by molar-refractivity contribution is 9.10. The van der Waals surface area contributed by atoms with Crippen molar-refractivity contribution in [2.24, 2.45) is 5.92 Å². The van der Waals surface area contributed by atoms with Gasteiger partial charge in [0.25, 0.3) is 0 Å². The third-order valence-electron chi connectivity index (χ3n) is 4.25. The molecule has 2 aliphatic rings. The first-order valence-corrected chi connectivity index (χ1v) is 8.42. The van der Waals surface area contributed by atoms with Crippen LogP contribution in [0.2, 0.25) is 0 Å². The summed E-state index contributed by atoms with van der Waals surface area (Å²) in [7, 11) is 0. The number of nitrogens with zero attached hydrogens (tertiary/aromatic N) is 1. The summed E-state index contributed by atoms with van der Waals surface area (Å²) in [5, 5.41) is 9.01. The molecule has 7 heteroatoms. The van der Waals surface area contributed by atoms with E-state index in [-0.39, 0.29) is 18.2 Å². The standard InChI is InChI=1S/C16H18BrNO5/c17-12-9-14-13(22-5-6-23-14)7-11(12)8-15(19)18-3-1-10(2-4-18)16(20)21/h7,9-10H,1-6,8H2,(H,20,21). The van der Waals surface area contributed by atoms with Crippen LogP contribution < -0.4 is 9.47 Å². The second-order valence-corrected chi connectivity index (χ2v) is 6.61. The van der Waals surface area contributed by atoms with Gasteiger partial charge in [0.1, 0.15) is 13.2 Å². The Kier molecular flexibility index (Phi) is 4.75. The fourth-order valence-electron chi connectivity index (χ4n) is 2.89. The Morgan fingerprint density at radius 1 is 1.17 bits per heavy atom. The third-order valence-corrected chi connectivity index (χ3v) is 4.99. The van der Waals surface area contributed by atoms with E-state index in [0.29, 0.717) is 50.6 Å². The number of rotatable bonds is 3. The predicted octanol–water partition coefficient (Wildman–Crippen LogP) is 2.09. The van der Waals surface area contributed by atoms with Crippen molar-refractivity contribution in [1.29, 1.82) is 0 Å². The summed E-state index contributed by atoms with van der Waals surface area (Å²) < 4.78 is 11.9. The first-order valence-electron chi connectivity index (χ1n) is 7.63. The molecule has 124 valence electrons. The number of likely N-dealkylation sites (tertiary alicyclic amines) is 1. The van der Waals surface area contributed by atoms with Gasteiger partial charge in [0.05, 0.1) is 12.3 Å². The largest absolute Gasteiger partial charge is 0.486 e. The van der Waals surface area contributed by atoms with Crippen molar-refractivity contribution in [3.8, 4) is 11.5 Å². The molecule has 1 aromatic rings. The van der Waals surface area contributed by atoms with E-state index in [2.05, 4.69) is 15.9 Å². The van der Waals surface area contributed by atoms with Crippen molar-refractivity contribution in [1.82, 2.24) is 4.90 Å². The summed E-state index contributed by atoms with van der Waals surface area (Å²) in [4.78, 5) is 25.2. The van der Waals surface area contributed by atoms with Crippen molar-refractivity contribution in [2.75, 3.05) is 26.3 Å². The number of carboxylic acid groups (broad SMARTS) is 1. The van der Waals surface area contributed by atoms with Gasteiger partial charge in [-0.25, -0.2) is 0 Å². The van der Waals surface area contributed by atoms with Crippen LogP contribution in [0.1, 0.15) is 18.4 Å². The predicted molar refractivity (Wildman–Crippen MR) is 85.8 cm³/mol. The Hall–Kier alpha value is -1.76. The first-order chi connectivity index (χ1) is 11.0. The van der Waals surface area contributed by atoms with Crippen LogP contribution in [-0.2, 0) is 16.0 Å². The minimum atomic E-state index is -0.772. The summed E-state index contributed by atoms with van der Waals surface area (Å²) in [6, 6.07) is 3.66. The number of benzene rings is 1. The summed E-state index contributed by atoms with van der Waals surface area (Å²) in [6.07, 6.45) is 1.29. The Morgan fingerprint density at radius 3 is 2.39 bits per heavy atom. The van der Waals surface area contributed by atoms with Gasteiger partial charge in [-0.15, -0.1) is 0 Å². The third kappa shape index (κ3) is 3.60. The number of carbonyl (C=O) groups excluding carboxylic acids is 1. The van der Waals surface area contributed by atoms with E-state index in [9.17, 15) is 9.59 Å². The summed E-state index contributed by atoms with van der Waals surface area (Å²) >= 11 is 3.47. The van der Waals surface area contributed by atoms with Crippen LogP contribution in [0, 0.1) is 5.92 Å². The zero-order valence-electron chi connectivity index (χ0n) is 12.6. The zero-order valence-corrected chi connectivity index (χ0v) is 14.2. The maximum Gasteiger partial charge on any atom is 0.306 e. The topological polar surface area (TPSA) is 76.1 Å². The highest BCUT2D eigenvalue weighted by atomic mass is 79.9. The lowest BCUT2D eigenvalue weighted by Crippen LogP contribution is -2.41. The molecule has 0 saturated carbocycles. The minimum Gasteiger partial charge on any atom is -0.486 e. The average Bonchev–Trinajstić information content (AvgIpc) is 2.55. The van der Waals surface area contributed by atoms with Gasteiger partial charge in [-0.05, 0) is 30.5 Å². The maximum absolute atomic E-state index is 12.4. The number of amides is 1. The number of halogens is 1. The van der Waals surface area contributed by atoms with Gasteiger partial charge in [-0.2, -0.15) is 0 Å². The van der Waals surface area contributed by atoms with E-state index in [1.54, 1.807) is 4.90 Å². The van der Waals surface area contributed by atoms with Crippen LogP contribution in [0.15, 0.2) is 16.6 Å². The highest BCUT2D eigenvalue weighted by Gasteiger charge is 2.27. The maximum atomic E-state index is 12.4. The molecule has 1 N–H and O–H groups in total. The number of hydrogen-bond donors (Lipinski definition) is 1. The summed E-state index contributed by atoms with van der Waals surface area (Å²) in [5.41, 5.74) is 0.847. The molecule has 0 atom stereocenters. The number of ether oxygens (including phenoxy) is 2. The lowest BCUT2D eigenvalue weighted by Gasteiger charge is -2.30. The Balaban J connectivity index is 1.65. The molecule has 1 amide bonds. The zero-order chi connectivity index (χ0) is 16.4. The molecule has 0 aromatic heterocycles. The van der Waals surface area contributed by atoms with Crippen molar-refractivity contribution < 1.29 is 24.2 Å². The monoisotopic (exact) mass is 383 g/mol. The van der Waals surface area contributed by atoms with Gasteiger partial charge >= 0.3 is 5.97 Å². The molecule has 0 bridgehead atoms. The van der Waals surface area contributed by atoms with Crippen molar-refractivity contribution in [3.05, 3.63) is 22.2 Å². The lowest BCUT2D eigenvalue weighted by molar-refractivity contribution is -0.145. The van der Waals surface area contributed by atoms with E-state index in [1.807, 2.05) is 12.1 Å². The molecule has 2 heterocycles. The van der Waals surface area contributed by atoms with E-state index >= 15 is 0 Å². The molecule has 1 saturated heterocycles. The summed E-state index contributed by atoms with van der Waals surface area (Å²) in [6.45, 7) is 2.02. The minimum absolute atomic E-state index is 0.00576. The molecule has 0 unspecified atom stereocenters. The number of piperidine rings is 1. The van der Waals surface area contributed by atoms with Gasteiger partial charge in [0.2, 0.25) is 5.91 Å². The van der Waals surface area contributed by atoms with Crippen molar-refractivity contribution in [2.45, 2.75) is 19.3 Å². The molecule has 0 spiro atoms. The van der Waals surface area contributed by atoms with Crippen LogP contribution in [0.4, 0.5) is 0 Å². The highest BCUT2D eigenvalue weighted by Crippen LogP contribution is 2.36. The van der Waals surface area contributed by atoms with Gasteiger partial charge in [-0.1, -0.05) is 15.9 Å². The Bertz CT molecular complexity index is 625. The van der Waals surface area contributed by atoms with Crippen LogP contribution in [0.3, 0.4) is 0 Å². The Morgan fingerprint density at radius 2 is 1.78 bits per heavy atom.